The third kappa shape index (κ3) is 3.23. The van der Waals surface area contributed by atoms with E-state index in [0.717, 1.165) is 12.4 Å². The van der Waals surface area contributed by atoms with Crippen molar-refractivity contribution in [1.82, 2.24) is 5.32 Å². The van der Waals surface area contributed by atoms with Gasteiger partial charge in [0.15, 0.2) is 0 Å². The Labute approximate surface area is 103 Å². The predicted octanol–water partition coefficient (Wildman–Crippen LogP) is 3.57. The highest BCUT2D eigenvalue weighted by molar-refractivity contribution is 6.18. The van der Waals surface area contributed by atoms with Gasteiger partial charge in [0.05, 0.1) is 0 Å². The van der Waals surface area contributed by atoms with Crippen molar-refractivity contribution in [3.05, 3.63) is 35.9 Å². The number of rotatable bonds is 4. The quantitative estimate of drug-likeness (QED) is 0.790. The lowest BCUT2D eigenvalue weighted by molar-refractivity contribution is 0.282. The van der Waals surface area contributed by atoms with Crippen LogP contribution in [0, 0.1) is 5.92 Å². The Hall–Kier alpha value is -0.530. The first kappa shape index (κ1) is 11.9. The summed E-state index contributed by atoms with van der Waals surface area (Å²) in [5.41, 5.74) is 1.36. The summed E-state index contributed by atoms with van der Waals surface area (Å²) in [5.74, 6) is 1.46. The Morgan fingerprint density at radius 2 is 1.88 bits per heavy atom. The van der Waals surface area contributed by atoms with Gasteiger partial charge in [-0.25, -0.2) is 0 Å². The van der Waals surface area contributed by atoms with E-state index in [9.17, 15) is 0 Å². The van der Waals surface area contributed by atoms with Crippen LogP contribution in [0.25, 0.3) is 0 Å². The highest BCUT2D eigenvalue weighted by Crippen LogP contribution is 2.25. The fourth-order valence-corrected chi connectivity index (χ4v) is 2.88. The molecule has 1 saturated carbocycles. The highest BCUT2D eigenvalue weighted by Gasteiger charge is 2.23. The van der Waals surface area contributed by atoms with Crippen molar-refractivity contribution < 1.29 is 0 Å². The molecule has 2 unspecified atom stereocenters. The largest absolute Gasteiger partial charge is 0.310 e. The van der Waals surface area contributed by atoms with Gasteiger partial charge in [-0.3, -0.25) is 0 Å². The molecule has 0 amide bonds. The Morgan fingerprint density at radius 3 is 2.62 bits per heavy atom. The third-order valence-electron chi connectivity index (χ3n) is 3.52. The van der Waals surface area contributed by atoms with Gasteiger partial charge in [0.2, 0.25) is 0 Å². The number of nitrogens with one attached hydrogen (secondary N) is 1. The van der Waals surface area contributed by atoms with Gasteiger partial charge in [-0.05, 0) is 24.3 Å². The molecule has 2 atom stereocenters. The molecular weight excluding hydrogens is 218 g/mol. The van der Waals surface area contributed by atoms with E-state index in [2.05, 4.69) is 35.6 Å². The van der Waals surface area contributed by atoms with E-state index in [1.807, 2.05) is 0 Å². The van der Waals surface area contributed by atoms with E-state index in [0.29, 0.717) is 12.0 Å². The standard InChI is InChI=1S/C14H20ClN/c15-10-13-8-4-5-9-14(13)16-11-12-6-2-1-3-7-12/h1-3,6-7,13-14,16H,4-5,8-11H2. The van der Waals surface area contributed by atoms with Crippen LogP contribution in [0.5, 0.6) is 0 Å². The molecule has 1 N–H and O–H groups in total. The van der Waals surface area contributed by atoms with Crippen LogP contribution in [0.3, 0.4) is 0 Å². The normalized spacial score (nSPS) is 25.6. The zero-order valence-electron chi connectivity index (χ0n) is 9.66. The fourth-order valence-electron chi connectivity index (χ4n) is 2.51. The topological polar surface area (TPSA) is 12.0 Å². The molecule has 1 aliphatic rings. The minimum Gasteiger partial charge on any atom is -0.310 e. The number of alkyl halides is 1. The van der Waals surface area contributed by atoms with Crippen molar-refractivity contribution in [3.8, 4) is 0 Å². The molecule has 16 heavy (non-hydrogen) atoms. The van der Waals surface area contributed by atoms with E-state index in [-0.39, 0.29) is 0 Å². The van der Waals surface area contributed by atoms with E-state index >= 15 is 0 Å². The zero-order valence-corrected chi connectivity index (χ0v) is 10.4. The first-order chi connectivity index (χ1) is 7.90. The molecule has 0 saturated heterocycles. The lowest BCUT2D eigenvalue weighted by atomic mass is 9.85. The lowest BCUT2D eigenvalue weighted by Gasteiger charge is -2.31. The van der Waals surface area contributed by atoms with Crippen LogP contribution in [0.4, 0.5) is 0 Å². The van der Waals surface area contributed by atoms with Crippen molar-refractivity contribution in [2.24, 2.45) is 5.92 Å². The maximum atomic E-state index is 6.02. The summed E-state index contributed by atoms with van der Waals surface area (Å²) in [5, 5.41) is 3.65. The third-order valence-corrected chi connectivity index (χ3v) is 3.91. The smallest absolute Gasteiger partial charge is 0.0266 e. The van der Waals surface area contributed by atoms with Crippen molar-refractivity contribution in [1.29, 1.82) is 0 Å². The zero-order chi connectivity index (χ0) is 11.2. The minimum absolute atomic E-state index is 0.617. The summed E-state index contributed by atoms with van der Waals surface area (Å²) in [6, 6.07) is 11.2. The van der Waals surface area contributed by atoms with Crippen molar-refractivity contribution >= 4 is 11.6 Å². The van der Waals surface area contributed by atoms with Crippen LogP contribution in [0.2, 0.25) is 0 Å². The Morgan fingerprint density at radius 1 is 1.12 bits per heavy atom. The molecule has 2 rings (SSSR count). The molecular formula is C14H20ClN. The van der Waals surface area contributed by atoms with Gasteiger partial charge >= 0.3 is 0 Å². The Kier molecular flexibility index (Phi) is 4.68. The van der Waals surface area contributed by atoms with Gasteiger partial charge in [-0.15, -0.1) is 11.6 Å². The summed E-state index contributed by atoms with van der Waals surface area (Å²) in [6.45, 7) is 0.971. The molecule has 1 aliphatic carbocycles. The number of halogens is 1. The molecule has 0 aromatic heterocycles. The monoisotopic (exact) mass is 237 g/mol. The molecule has 0 bridgehead atoms. The van der Waals surface area contributed by atoms with Crippen LogP contribution in [0.15, 0.2) is 30.3 Å². The molecule has 0 heterocycles. The van der Waals surface area contributed by atoms with Gasteiger partial charge < -0.3 is 5.32 Å². The van der Waals surface area contributed by atoms with E-state index in [1.54, 1.807) is 0 Å². The molecule has 0 aliphatic heterocycles. The summed E-state index contributed by atoms with van der Waals surface area (Å²) in [4.78, 5) is 0. The summed E-state index contributed by atoms with van der Waals surface area (Å²) in [7, 11) is 0. The second-order valence-corrected chi connectivity index (χ2v) is 4.98. The first-order valence-electron chi connectivity index (χ1n) is 6.23. The fraction of sp³-hybridized carbons (Fsp3) is 0.571. The van der Waals surface area contributed by atoms with Crippen LogP contribution >= 0.6 is 11.6 Å². The predicted molar refractivity (Wildman–Crippen MR) is 69.7 cm³/mol. The van der Waals surface area contributed by atoms with E-state index in [1.165, 1.54) is 31.2 Å². The second-order valence-electron chi connectivity index (χ2n) is 4.67. The van der Waals surface area contributed by atoms with Crippen LogP contribution in [-0.2, 0) is 6.54 Å². The number of hydrogen-bond acceptors (Lipinski definition) is 1. The number of benzene rings is 1. The molecule has 0 spiro atoms. The SMILES string of the molecule is ClCC1CCCCC1NCc1ccccc1. The van der Waals surface area contributed by atoms with E-state index in [4.69, 9.17) is 11.6 Å². The average Bonchev–Trinajstić information content (AvgIpc) is 2.38. The van der Waals surface area contributed by atoms with Crippen LogP contribution in [0.1, 0.15) is 31.2 Å². The summed E-state index contributed by atoms with van der Waals surface area (Å²) < 4.78 is 0. The van der Waals surface area contributed by atoms with E-state index < -0.39 is 0 Å². The molecule has 1 aromatic carbocycles. The highest BCUT2D eigenvalue weighted by atomic mass is 35.5. The molecule has 1 nitrogen and oxygen atoms in total. The second kappa shape index (κ2) is 6.27. The maximum Gasteiger partial charge on any atom is 0.0266 e. The van der Waals surface area contributed by atoms with Crippen molar-refractivity contribution in [3.63, 3.8) is 0 Å². The molecule has 88 valence electrons. The average molecular weight is 238 g/mol. The van der Waals surface area contributed by atoms with Gasteiger partial charge in [-0.1, -0.05) is 43.2 Å². The summed E-state index contributed by atoms with van der Waals surface area (Å²) >= 11 is 6.02. The number of hydrogen-bond donors (Lipinski definition) is 1. The molecule has 0 radical (unpaired) electrons. The van der Waals surface area contributed by atoms with Gasteiger partial charge in [0.1, 0.15) is 0 Å². The lowest BCUT2D eigenvalue weighted by Crippen LogP contribution is -2.38. The molecule has 1 aromatic rings. The van der Waals surface area contributed by atoms with Crippen molar-refractivity contribution in [2.45, 2.75) is 38.3 Å². The maximum absolute atomic E-state index is 6.02. The molecule has 2 heteroatoms. The Balaban J connectivity index is 1.84. The van der Waals surface area contributed by atoms with Gasteiger partial charge in [-0.2, -0.15) is 0 Å². The van der Waals surface area contributed by atoms with Gasteiger partial charge in [0, 0.05) is 18.5 Å². The van der Waals surface area contributed by atoms with Crippen molar-refractivity contribution in [2.75, 3.05) is 5.88 Å². The first-order valence-corrected chi connectivity index (χ1v) is 6.77. The van der Waals surface area contributed by atoms with Crippen LogP contribution in [-0.4, -0.2) is 11.9 Å². The summed E-state index contributed by atoms with van der Waals surface area (Å²) in [6.07, 6.45) is 5.26. The van der Waals surface area contributed by atoms with Gasteiger partial charge in [0.25, 0.3) is 0 Å². The Bertz CT molecular complexity index is 299. The molecule has 1 fully saturated rings. The van der Waals surface area contributed by atoms with Crippen LogP contribution < -0.4 is 5.32 Å². The minimum atomic E-state index is 0.617.